The maximum absolute atomic E-state index is 12.0. The lowest BCUT2D eigenvalue weighted by Crippen LogP contribution is -2.27. The molecule has 0 aliphatic carbocycles. The molecule has 1 aliphatic heterocycles. The molecular weight excluding hydrogens is 357 g/mol. The first-order valence-corrected chi connectivity index (χ1v) is 7.37. The average molecular weight is 375 g/mol. The van der Waals surface area contributed by atoms with Crippen molar-refractivity contribution in [3.63, 3.8) is 0 Å². The van der Waals surface area contributed by atoms with E-state index in [0.29, 0.717) is 0 Å². The second kappa shape index (κ2) is 5.19. The summed E-state index contributed by atoms with van der Waals surface area (Å²) in [6, 6.07) is 7.87. The van der Waals surface area contributed by atoms with Gasteiger partial charge in [0.25, 0.3) is 0 Å². The van der Waals surface area contributed by atoms with Crippen LogP contribution < -0.4 is 4.74 Å². The van der Waals surface area contributed by atoms with Gasteiger partial charge in [0.05, 0.1) is 13.2 Å². The van der Waals surface area contributed by atoms with Gasteiger partial charge in [0, 0.05) is 0 Å². The molecule has 0 N–H and O–H groups in total. The van der Waals surface area contributed by atoms with Crippen LogP contribution in [0.25, 0.3) is 0 Å². The van der Waals surface area contributed by atoms with Crippen molar-refractivity contribution in [2.45, 2.75) is 36.5 Å². The number of rotatable bonds is 2. The van der Waals surface area contributed by atoms with E-state index in [1.807, 2.05) is 45.0 Å². The molecule has 1 aliphatic rings. The van der Waals surface area contributed by atoms with Gasteiger partial charge in [-0.15, -0.1) is 0 Å². The Kier molecular flexibility index (Phi) is 3.94. The Morgan fingerprint density at radius 3 is 2.63 bits per heavy atom. The van der Waals surface area contributed by atoms with Gasteiger partial charge in [-0.05, 0) is 38.5 Å². The van der Waals surface area contributed by atoms with Crippen LogP contribution in [0.15, 0.2) is 24.3 Å². The monoisotopic (exact) mass is 375 g/mol. The van der Waals surface area contributed by atoms with Crippen LogP contribution in [0.3, 0.4) is 0 Å². The highest BCUT2D eigenvalue weighted by Gasteiger charge is 2.52. The van der Waals surface area contributed by atoms with Crippen molar-refractivity contribution in [3.8, 4) is 5.75 Å². The molecule has 0 radical (unpaired) electrons. The number of hydrogen-bond acceptors (Lipinski definition) is 3. The molecule has 1 saturated heterocycles. The fourth-order valence-corrected chi connectivity index (χ4v) is 3.03. The zero-order chi connectivity index (χ0) is 14.2. The highest BCUT2D eigenvalue weighted by molar-refractivity contribution is 14.1. The summed E-state index contributed by atoms with van der Waals surface area (Å²) in [6.45, 7) is 5.62. The highest BCUT2D eigenvalue weighted by atomic mass is 127. The van der Waals surface area contributed by atoms with Crippen molar-refractivity contribution in [2.24, 2.45) is 0 Å². The predicted molar refractivity (Wildman–Crippen MR) is 81.6 cm³/mol. The van der Waals surface area contributed by atoms with Gasteiger partial charge in [-0.3, -0.25) is 4.90 Å². The molecule has 4 nitrogen and oxygen atoms in total. The summed E-state index contributed by atoms with van der Waals surface area (Å²) in [6.07, 6.45) is -0.264. The topological polar surface area (TPSA) is 38.5 Å². The molecule has 1 amide bonds. The van der Waals surface area contributed by atoms with Crippen molar-refractivity contribution in [1.29, 1.82) is 0 Å². The van der Waals surface area contributed by atoms with Crippen LogP contribution in [0.1, 0.15) is 32.4 Å². The van der Waals surface area contributed by atoms with Gasteiger partial charge in [0.1, 0.15) is 15.4 Å². The molecule has 0 spiro atoms. The largest absolute Gasteiger partial charge is 0.497 e. The van der Waals surface area contributed by atoms with Crippen molar-refractivity contribution < 1.29 is 14.3 Å². The first kappa shape index (κ1) is 14.4. The van der Waals surface area contributed by atoms with E-state index in [1.54, 1.807) is 12.0 Å². The summed E-state index contributed by atoms with van der Waals surface area (Å²) in [4.78, 5) is 13.8. The summed E-state index contributed by atoms with van der Waals surface area (Å²) in [5.74, 6) is 0.803. The molecular formula is C14H18INO3. The second-order valence-electron chi connectivity index (χ2n) is 5.48. The van der Waals surface area contributed by atoms with Crippen molar-refractivity contribution >= 4 is 28.7 Å². The molecule has 2 atom stereocenters. The quantitative estimate of drug-likeness (QED) is 0.342. The van der Waals surface area contributed by atoms with Crippen molar-refractivity contribution in [2.75, 3.05) is 7.11 Å². The molecule has 104 valence electrons. The van der Waals surface area contributed by atoms with Gasteiger partial charge >= 0.3 is 6.09 Å². The van der Waals surface area contributed by atoms with Gasteiger partial charge in [0.2, 0.25) is 0 Å². The predicted octanol–water partition coefficient (Wildman–Crippen LogP) is 3.75. The normalized spacial score (nSPS) is 22.1. The minimum absolute atomic E-state index is 0.0746. The fraction of sp³-hybridized carbons (Fsp3) is 0.500. The average Bonchev–Trinajstić information content (AvgIpc) is 2.99. The Balaban J connectivity index is 2.09. The molecule has 1 heterocycles. The fourth-order valence-electron chi connectivity index (χ4n) is 1.88. The van der Waals surface area contributed by atoms with Gasteiger partial charge in [0.15, 0.2) is 0 Å². The number of carbonyl (C=O) groups is 1. The van der Waals surface area contributed by atoms with Crippen LogP contribution in [0.2, 0.25) is 0 Å². The number of nitrogens with zero attached hydrogens (tertiary/aromatic N) is 1. The Hall–Kier alpha value is -0.980. The Morgan fingerprint density at radius 1 is 1.37 bits per heavy atom. The summed E-state index contributed by atoms with van der Waals surface area (Å²) in [7, 11) is 1.64. The smallest absolute Gasteiger partial charge is 0.411 e. The molecule has 2 rings (SSSR count). The van der Waals surface area contributed by atoms with E-state index in [-0.39, 0.29) is 16.2 Å². The van der Waals surface area contributed by atoms with Crippen LogP contribution in [0, 0.1) is 0 Å². The first-order valence-electron chi connectivity index (χ1n) is 6.13. The molecule has 0 bridgehead atoms. The Labute approximate surface area is 127 Å². The standard InChI is InChI=1S/C14H18INO3/c1-14(2,3)19-13(17)16-11(12(16)15)9-6-5-7-10(8-9)18-4/h5-8,11-12H,1-4H3/t11-,12-,16?/m1/s1. The second-order valence-corrected chi connectivity index (χ2v) is 6.76. The van der Waals surface area contributed by atoms with Crippen LogP contribution >= 0.6 is 22.6 Å². The molecule has 1 aromatic carbocycles. The zero-order valence-electron chi connectivity index (χ0n) is 11.5. The Bertz CT molecular complexity index is 484. The van der Waals surface area contributed by atoms with Gasteiger partial charge < -0.3 is 9.47 Å². The minimum Gasteiger partial charge on any atom is -0.497 e. The van der Waals surface area contributed by atoms with Crippen molar-refractivity contribution in [1.82, 2.24) is 4.90 Å². The van der Waals surface area contributed by atoms with Crippen LogP contribution in [0.4, 0.5) is 4.79 Å². The van der Waals surface area contributed by atoms with E-state index in [9.17, 15) is 4.79 Å². The molecule has 0 saturated carbocycles. The lowest BCUT2D eigenvalue weighted by atomic mass is 10.1. The summed E-state index contributed by atoms with van der Waals surface area (Å²) < 4.78 is 10.7. The van der Waals surface area contributed by atoms with E-state index in [4.69, 9.17) is 9.47 Å². The first-order chi connectivity index (χ1) is 8.83. The Morgan fingerprint density at radius 2 is 2.05 bits per heavy atom. The third-order valence-electron chi connectivity index (χ3n) is 2.78. The van der Waals surface area contributed by atoms with Crippen molar-refractivity contribution in [3.05, 3.63) is 29.8 Å². The van der Waals surface area contributed by atoms with Gasteiger partial charge in [-0.2, -0.15) is 0 Å². The number of hydrogen-bond donors (Lipinski definition) is 0. The molecule has 1 fully saturated rings. The number of ether oxygens (including phenoxy) is 2. The lowest BCUT2D eigenvalue weighted by molar-refractivity contribution is 0.0404. The maximum atomic E-state index is 12.0. The van der Waals surface area contributed by atoms with E-state index < -0.39 is 5.60 Å². The van der Waals surface area contributed by atoms with Gasteiger partial charge in [-0.1, -0.05) is 34.7 Å². The van der Waals surface area contributed by atoms with Gasteiger partial charge in [-0.25, -0.2) is 4.79 Å². The van der Waals surface area contributed by atoms with Crippen LogP contribution in [-0.4, -0.2) is 27.8 Å². The van der Waals surface area contributed by atoms with Crippen LogP contribution in [0.5, 0.6) is 5.75 Å². The molecule has 19 heavy (non-hydrogen) atoms. The van der Waals surface area contributed by atoms with E-state index in [0.717, 1.165) is 11.3 Å². The third kappa shape index (κ3) is 3.32. The minimum atomic E-state index is -0.463. The highest BCUT2D eigenvalue weighted by Crippen LogP contribution is 2.48. The zero-order valence-corrected chi connectivity index (χ0v) is 13.7. The number of methoxy groups -OCH3 is 1. The lowest BCUT2D eigenvalue weighted by Gasteiger charge is -2.20. The third-order valence-corrected chi connectivity index (χ3v) is 4.06. The summed E-state index contributed by atoms with van der Waals surface area (Å²) in [5, 5.41) is 0. The number of benzene rings is 1. The summed E-state index contributed by atoms with van der Waals surface area (Å²) >= 11 is 2.26. The number of halogens is 1. The number of carbonyl (C=O) groups excluding carboxylic acids is 1. The SMILES string of the molecule is COc1cccc([C@@H]2[C@H](I)N2C(=O)OC(C)(C)C)c1. The molecule has 5 heteroatoms. The van der Waals surface area contributed by atoms with E-state index in [1.165, 1.54) is 0 Å². The van der Waals surface area contributed by atoms with Crippen LogP contribution in [-0.2, 0) is 4.74 Å². The molecule has 0 aromatic heterocycles. The summed E-state index contributed by atoms with van der Waals surface area (Å²) in [5.41, 5.74) is 0.610. The number of alkyl halides is 1. The van der Waals surface area contributed by atoms with E-state index in [2.05, 4.69) is 22.6 Å². The molecule has 0 unspecified atom stereocenters. The number of amides is 1. The maximum Gasteiger partial charge on any atom is 0.411 e. The molecule has 1 aromatic rings. The van der Waals surface area contributed by atoms with E-state index >= 15 is 0 Å².